The van der Waals surface area contributed by atoms with Gasteiger partial charge in [0.2, 0.25) is 0 Å². The normalized spacial score (nSPS) is 11.1. The highest BCUT2D eigenvalue weighted by Crippen LogP contribution is 2.13. The number of aliphatic hydroxyl groups excluding tert-OH is 1. The average molecular weight is 215 g/mol. The Morgan fingerprint density at radius 3 is 2.14 bits per heavy atom. The molecule has 1 aromatic rings. The third-order valence-electron chi connectivity index (χ3n) is 1.29. The molecule has 5 heteroatoms. The molecule has 0 bridgehead atoms. The monoisotopic (exact) mass is 215 g/mol. The first-order chi connectivity index (χ1) is 6.45. The molecule has 0 aromatic heterocycles. The van der Waals surface area contributed by atoms with Gasteiger partial charge in [0, 0.05) is 10.6 Å². The van der Waals surface area contributed by atoms with Gasteiger partial charge in [-0.2, -0.15) is 0 Å². The molecule has 1 atom stereocenters. The van der Waals surface area contributed by atoms with E-state index in [0.29, 0.717) is 0 Å². The topological polar surface area (TPSA) is 83.5 Å². The van der Waals surface area contributed by atoms with Gasteiger partial charge in [0.1, 0.15) is 6.10 Å². The number of aliphatic carboxylic acids is 1. The highest BCUT2D eigenvalue weighted by atomic mass is 32.1. The van der Waals surface area contributed by atoms with Crippen molar-refractivity contribution in [3.05, 3.63) is 24.3 Å². The molecule has 4 N–H and O–H groups in total. The van der Waals surface area contributed by atoms with E-state index in [1.54, 1.807) is 0 Å². The molecule has 0 fully saturated rings. The Morgan fingerprint density at radius 1 is 1.50 bits per heavy atom. The van der Waals surface area contributed by atoms with E-state index in [0.717, 1.165) is 10.6 Å². The van der Waals surface area contributed by atoms with Gasteiger partial charge in [-0.15, -0.1) is 12.6 Å². The van der Waals surface area contributed by atoms with Crippen LogP contribution >= 0.6 is 12.6 Å². The van der Waals surface area contributed by atoms with Crippen molar-refractivity contribution in [3.63, 3.8) is 0 Å². The van der Waals surface area contributed by atoms with E-state index in [1.807, 2.05) is 24.3 Å². The van der Waals surface area contributed by atoms with Crippen LogP contribution in [0.15, 0.2) is 29.2 Å². The maximum absolute atomic E-state index is 9.45. The lowest BCUT2D eigenvalue weighted by atomic mass is 10.3. The van der Waals surface area contributed by atoms with Crippen molar-refractivity contribution in [2.45, 2.75) is 17.9 Å². The number of para-hydroxylation sites is 1. The summed E-state index contributed by atoms with van der Waals surface area (Å²) in [7, 11) is 0. The Kier molecular flexibility index (Phi) is 5.74. The van der Waals surface area contributed by atoms with Gasteiger partial charge >= 0.3 is 5.97 Å². The lowest BCUT2D eigenvalue weighted by Gasteiger charge is -1.92. The fourth-order valence-electron chi connectivity index (χ4n) is 0.488. The zero-order valence-corrected chi connectivity index (χ0v) is 8.61. The number of benzene rings is 1. The van der Waals surface area contributed by atoms with Gasteiger partial charge < -0.3 is 15.9 Å². The van der Waals surface area contributed by atoms with E-state index in [-0.39, 0.29) is 0 Å². The van der Waals surface area contributed by atoms with Gasteiger partial charge in [-0.3, -0.25) is 0 Å². The predicted molar refractivity (Wildman–Crippen MR) is 57.4 cm³/mol. The molecule has 14 heavy (non-hydrogen) atoms. The summed E-state index contributed by atoms with van der Waals surface area (Å²) in [5, 5.41) is 15.8. The van der Waals surface area contributed by atoms with Crippen LogP contribution in [0.25, 0.3) is 0 Å². The number of carboxylic acid groups (broad SMARTS) is 1. The van der Waals surface area contributed by atoms with E-state index < -0.39 is 12.1 Å². The molecular formula is C9H13NO3S. The van der Waals surface area contributed by atoms with Gasteiger partial charge in [0.25, 0.3) is 0 Å². The van der Waals surface area contributed by atoms with Crippen LogP contribution in [0.5, 0.6) is 0 Å². The van der Waals surface area contributed by atoms with Crippen LogP contribution < -0.4 is 5.73 Å². The zero-order chi connectivity index (χ0) is 11.1. The van der Waals surface area contributed by atoms with Crippen LogP contribution in [0.3, 0.4) is 0 Å². The molecule has 0 heterocycles. The number of hydrogen-bond donors (Lipinski definition) is 4. The summed E-state index contributed by atoms with van der Waals surface area (Å²) in [6, 6.07) is 7.47. The minimum absolute atomic E-state index is 0.732. The van der Waals surface area contributed by atoms with Crippen molar-refractivity contribution in [2.75, 3.05) is 5.73 Å². The molecule has 0 saturated carbocycles. The molecule has 0 amide bonds. The number of carboxylic acids is 1. The third kappa shape index (κ3) is 5.45. The van der Waals surface area contributed by atoms with E-state index in [1.165, 1.54) is 6.92 Å². The van der Waals surface area contributed by atoms with Crippen molar-refractivity contribution in [1.29, 1.82) is 0 Å². The lowest BCUT2D eigenvalue weighted by molar-refractivity contribution is -0.145. The van der Waals surface area contributed by atoms with Crippen molar-refractivity contribution >= 4 is 24.3 Å². The molecule has 0 aliphatic heterocycles. The standard InChI is InChI=1S/C6H7NS.C3H6O3/c7-5-3-1-2-4-6(5)8;1-2(4)3(5)6/h1-4,8H,7H2;2,4H,1H3,(H,5,6). The van der Waals surface area contributed by atoms with E-state index in [4.69, 9.17) is 15.9 Å². The zero-order valence-electron chi connectivity index (χ0n) is 7.71. The second-order valence-electron chi connectivity index (χ2n) is 2.57. The van der Waals surface area contributed by atoms with Gasteiger partial charge in [-0.1, -0.05) is 12.1 Å². The van der Waals surface area contributed by atoms with Crippen LogP contribution in [0.2, 0.25) is 0 Å². The summed E-state index contributed by atoms with van der Waals surface area (Å²) < 4.78 is 0. The first-order valence-corrected chi connectivity index (χ1v) is 4.34. The molecule has 1 aromatic carbocycles. The van der Waals surface area contributed by atoms with Gasteiger partial charge in [-0.05, 0) is 19.1 Å². The summed E-state index contributed by atoms with van der Waals surface area (Å²) in [5.74, 6) is -1.19. The van der Waals surface area contributed by atoms with Crippen molar-refractivity contribution in [2.24, 2.45) is 0 Å². The molecule has 4 nitrogen and oxygen atoms in total. The molecule has 0 aliphatic rings. The number of nitrogen functional groups attached to an aromatic ring is 1. The quantitative estimate of drug-likeness (QED) is 0.416. The Morgan fingerprint density at radius 2 is 1.93 bits per heavy atom. The van der Waals surface area contributed by atoms with Crippen molar-refractivity contribution in [1.82, 2.24) is 0 Å². The first-order valence-electron chi connectivity index (χ1n) is 3.89. The SMILES string of the molecule is CC(O)C(=O)O.Nc1ccccc1S. The van der Waals surface area contributed by atoms with Gasteiger partial charge in [0.05, 0.1) is 0 Å². The third-order valence-corrected chi connectivity index (χ3v) is 1.70. The summed E-state index contributed by atoms with van der Waals surface area (Å²) in [6.07, 6.45) is -1.23. The summed E-state index contributed by atoms with van der Waals surface area (Å²) in [6.45, 7) is 1.20. The lowest BCUT2D eigenvalue weighted by Crippen LogP contribution is -2.13. The fraction of sp³-hybridized carbons (Fsp3) is 0.222. The van der Waals surface area contributed by atoms with E-state index >= 15 is 0 Å². The highest BCUT2D eigenvalue weighted by Gasteiger charge is 2.01. The molecule has 0 aliphatic carbocycles. The largest absolute Gasteiger partial charge is 0.479 e. The van der Waals surface area contributed by atoms with Gasteiger partial charge in [-0.25, -0.2) is 4.79 Å². The van der Waals surface area contributed by atoms with Crippen molar-refractivity contribution in [3.8, 4) is 0 Å². The summed E-state index contributed by atoms with van der Waals surface area (Å²) >= 11 is 4.07. The second-order valence-corrected chi connectivity index (χ2v) is 3.05. The van der Waals surface area contributed by atoms with E-state index in [2.05, 4.69) is 12.6 Å². The number of nitrogens with two attached hydrogens (primary N) is 1. The highest BCUT2D eigenvalue weighted by molar-refractivity contribution is 7.80. The Balaban J connectivity index is 0.000000255. The number of rotatable bonds is 1. The van der Waals surface area contributed by atoms with Crippen LogP contribution in [0.1, 0.15) is 6.92 Å². The predicted octanol–water partition coefficient (Wildman–Crippen LogP) is 1.01. The minimum atomic E-state index is -1.23. The smallest absolute Gasteiger partial charge is 0.332 e. The minimum Gasteiger partial charge on any atom is -0.479 e. The summed E-state index contributed by atoms with van der Waals surface area (Å²) in [5.41, 5.74) is 6.18. The number of aliphatic hydroxyl groups is 1. The summed E-state index contributed by atoms with van der Waals surface area (Å²) in [4.78, 5) is 10.3. The maximum Gasteiger partial charge on any atom is 0.332 e. The molecule has 1 rings (SSSR count). The maximum atomic E-state index is 9.45. The van der Waals surface area contributed by atoms with Crippen molar-refractivity contribution < 1.29 is 15.0 Å². The van der Waals surface area contributed by atoms with Crippen LogP contribution in [-0.2, 0) is 4.79 Å². The Bertz CT molecular complexity index is 281. The molecule has 0 saturated heterocycles. The molecule has 78 valence electrons. The van der Waals surface area contributed by atoms with Crippen LogP contribution in [0, 0.1) is 0 Å². The first kappa shape index (κ1) is 12.8. The molecule has 0 spiro atoms. The number of thiol groups is 1. The van der Waals surface area contributed by atoms with Gasteiger partial charge in [0.15, 0.2) is 0 Å². The average Bonchev–Trinajstić information content (AvgIpc) is 2.11. The number of carbonyl (C=O) groups is 1. The van der Waals surface area contributed by atoms with Crippen LogP contribution in [-0.4, -0.2) is 22.3 Å². The Hall–Kier alpha value is -1.20. The number of hydrogen-bond acceptors (Lipinski definition) is 4. The molecule has 1 unspecified atom stereocenters. The Labute approximate surface area is 87.8 Å². The molecule has 0 radical (unpaired) electrons. The fourth-order valence-corrected chi connectivity index (χ4v) is 0.648. The van der Waals surface area contributed by atoms with Crippen LogP contribution in [0.4, 0.5) is 5.69 Å². The van der Waals surface area contributed by atoms with E-state index in [9.17, 15) is 4.79 Å². The molecular weight excluding hydrogens is 202 g/mol. The number of anilines is 1. The second kappa shape index (κ2) is 6.28.